The van der Waals surface area contributed by atoms with Gasteiger partial charge in [-0.1, -0.05) is 18.2 Å². The van der Waals surface area contributed by atoms with Crippen molar-refractivity contribution in [1.82, 2.24) is 5.32 Å². The Hall–Kier alpha value is -3.82. The number of amides is 1. The number of non-ortho nitro benzene ring substituents is 1. The zero-order valence-electron chi connectivity index (χ0n) is 17.1. The van der Waals surface area contributed by atoms with Crippen molar-refractivity contribution < 1.29 is 33.2 Å². The van der Waals surface area contributed by atoms with E-state index in [1.807, 2.05) is 0 Å². The van der Waals surface area contributed by atoms with E-state index in [-0.39, 0.29) is 24.3 Å². The quantitative estimate of drug-likeness (QED) is 0.395. The number of carbonyl (C=O) groups is 3. The summed E-state index contributed by atoms with van der Waals surface area (Å²) < 4.78 is 25.7. The average molecular weight is 444 g/mol. The van der Waals surface area contributed by atoms with Gasteiger partial charge in [0.15, 0.2) is 6.10 Å². The SMILES string of the molecule is CC(=O)N[C@@H]1C[C@H](COC(=O)c2ccccc2)[C@@H](F)[C@H]1OC(=O)c1ccc([N+](=O)[O-])cc1. The van der Waals surface area contributed by atoms with Gasteiger partial charge in [0.25, 0.3) is 5.69 Å². The number of nitrogens with zero attached hydrogens (tertiary/aromatic N) is 1. The van der Waals surface area contributed by atoms with Crippen molar-refractivity contribution in [1.29, 1.82) is 0 Å². The highest BCUT2D eigenvalue weighted by Gasteiger charge is 2.47. The van der Waals surface area contributed by atoms with E-state index in [9.17, 15) is 24.5 Å². The summed E-state index contributed by atoms with van der Waals surface area (Å²) in [6.07, 6.45) is -2.90. The number of ether oxygens (including phenoxy) is 2. The minimum atomic E-state index is -1.70. The maximum atomic E-state index is 15.1. The summed E-state index contributed by atoms with van der Waals surface area (Å²) in [4.78, 5) is 46.3. The maximum absolute atomic E-state index is 15.1. The first-order valence-electron chi connectivity index (χ1n) is 9.85. The highest BCUT2D eigenvalue weighted by molar-refractivity contribution is 5.90. The van der Waals surface area contributed by atoms with Crippen LogP contribution in [0.3, 0.4) is 0 Å². The van der Waals surface area contributed by atoms with Gasteiger partial charge in [-0.15, -0.1) is 0 Å². The molecule has 0 aliphatic heterocycles. The van der Waals surface area contributed by atoms with E-state index in [4.69, 9.17) is 9.47 Å². The van der Waals surface area contributed by atoms with Crippen molar-refractivity contribution in [3.8, 4) is 0 Å². The molecule has 0 unspecified atom stereocenters. The Morgan fingerprint density at radius 2 is 1.69 bits per heavy atom. The van der Waals surface area contributed by atoms with Gasteiger partial charge in [-0.05, 0) is 30.7 Å². The fourth-order valence-corrected chi connectivity index (χ4v) is 3.54. The number of nitro groups is 1. The zero-order valence-corrected chi connectivity index (χ0v) is 17.1. The Morgan fingerprint density at radius 1 is 1.06 bits per heavy atom. The first-order chi connectivity index (χ1) is 15.3. The molecule has 1 N–H and O–H groups in total. The minimum Gasteiger partial charge on any atom is -0.462 e. The third-order valence-corrected chi connectivity index (χ3v) is 5.10. The van der Waals surface area contributed by atoms with Crippen LogP contribution in [0.25, 0.3) is 0 Å². The normalized spacial score (nSPS) is 22.1. The maximum Gasteiger partial charge on any atom is 0.338 e. The summed E-state index contributed by atoms with van der Waals surface area (Å²) >= 11 is 0. The summed E-state index contributed by atoms with van der Waals surface area (Å²) in [7, 11) is 0. The van der Waals surface area contributed by atoms with Crippen molar-refractivity contribution in [3.05, 3.63) is 75.8 Å². The van der Waals surface area contributed by atoms with Gasteiger partial charge in [0.05, 0.1) is 28.7 Å². The number of nitrogens with one attached hydrogen (secondary N) is 1. The summed E-state index contributed by atoms with van der Waals surface area (Å²) in [5.74, 6) is -2.72. The largest absolute Gasteiger partial charge is 0.462 e. The van der Waals surface area contributed by atoms with Crippen LogP contribution in [-0.4, -0.2) is 47.7 Å². The van der Waals surface area contributed by atoms with E-state index in [1.54, 1.807) is 30.3 Å². The molecule has 10 heteroatoms. The van der Waals surface area contributed by atoms with Crippen LogP contribution in [-0.2, 0) is 14.3 Å². The molecule has 0 saturated heterocycles. The lowest BCUT2D eigenvalue weighted by molar-refractivity contribution is -0.384. The fourth-order valence-electron chi connectivity index (χ4n) is 3.54. The van der Waals surface area contributed by atoms with Crippen LogP contribution in [0.5, 0.6) is 0 Å². The van der Waals surface area contributed by atoms with Gasteiger partial charge < -0.3 is 14.8 Å². The van der Waals surface area contributed by atoms with Crippen molar-refractivity contribution in [3.63, 3.8) is 0 Å². The van der Waals surface area contributed by atoms with Crippen LogP contribution in [0.2, 0.25) is 0 Å². The molecule has 4 atom stereocenters. The van der Waals surface area contributed by atoms with E-state index >= 15 is 4.39 Å². The number of alkyl halides is 1. The zero-order chi connectivity index (χ0) is 23.3. The molecule has 2 aromatic rings. The van der Waals surface area contributed by atoms with Crippen molar-refractivity contribution in [2.75, 3.05) is 6.61 Å². The van der Waals surface area contributed by atoms with Gasteiger partial charge in [0, 0.05) is 25.0 Å². The molecular weight excluding hydrogens is 423 g/mol. The van der Waals surface area contributed by atoms with Gasteiger partial charge in [-0.2, -0.15) is 0 Å². The van der Waals surface area contributed by atoms with E-state index < -0.39 is 47.0 Å². The average Bonchev–Trinajstić information content (AvgIpc) is 3.06. The molecule has 0 aromatic heterocycles. The Balaban J connectivity index is 1.67. The van der Waals surface area contributed by atoms with Gasteiger partial charge in [0.2, 0.25) is 5.91 Å². The third-order valence-electron chi connectivity index (χ3n) is 5.10. The third kappa shape index (κ3) is 5.45. The molecule has 1 aliphatic carbocycles. The Bertz CT molecular complexity index is 997. The van der Waals surface area contributed by atoms with Crippen LogP contribution in [0.1, 0.15) is 34.1 Å². The molecule has 9 nitrogen and oxygen atoms in total. The van der Waals surface area contributed by atoms with Gasteiger partial charge >= 0.3 is 11.9 Å². The fraction of sp³-hybridized carbons (Fsp3) is 0.318. The molecule has 0 heterocycles. The summed E-state index contributed by atoms with van der Waals surface area (Å²) in [5, 5.41) is 13.3. The number of hydrogen-bond acceptors (Lipinski definition) is 7. The second-order valence-electron chi connectivity index (χ2n) is 7.39. The number of nitro benzene ring substituents is 1. The number of hydrogen-bond donors (Lipinski definition) is 1. The van der Waals surface area contributed by atoms with Crippen LogP contribution < -0.4 is 5.32 Å². The van der Waals surface area contributed by atoms with Crippen LogP contribution in [0.15, 0.2) is 54.6 Å². The highest BCUT2D eigenvalue weighted by atomic mass is 19.1. The highest BCUT2D eigenvalue weighted by Crippen LogP contribution is 2.33. The molecule has 32 heavy (non-hydrogen) atoms. The summed E-state index contributed by atoms with van der Waals surface area (Å²) in [6.45, 7) is 1.00. The van der Waals surface area contributed by atoms with Gasteiger partial charge in [-0.3, -0.25) is 14.9 Å². The number of rotatable bonds is 7. The smallest absolute Gasteiger partial charge is 0.338 e. The van der Waals surface area contributed by atoms with E-state index in [0.717, 1.165) is 12.1 Å². The Labute approximate surface area is 182 Å². The van der Waals surface area contributed by atoms with E-state index in [0.29, 0.717) is 5.56 Å². The van der Waals surface area contributed by atoms with Crippen molar-refractivity contribution >= 4 is 23.5 Å². The van der Waals surface area contributed by atoms with E-state index in [2.05, 4.69) is 5.32 Å². The van der Waals surface area contributed by atoms with Crippen LogP contribution in [0, 0.1) is 16.0 Å². The molecule has 1 amide bonds. The second kappa shape index (κ2) is 9.99. The lowest BCUT2D eigenvalue weighted by atomic mass is 10.1. The topological polar surface area (TPSA) is 125 Å². The number of carbonyl (C=O) groups excluding carboxylic acids is 3. The van der Waals surface area contributed by atoms with Crippen LogP contribution in [0.4, 0.5) is 10.1 Å². The molecule has 0 radical (unpaired) electrons. The van der Waals surface area contributed by atoms with Crippen molar-refractivity contribution in [2.24, 2.45) is 5.92 Å². The molecule has 1 saturated carbocycles. The van der Waals surface area contributed by atoms with E-state index in [1.165, 1.54) is 19.1 Å². The molecule has 1 fully saturated rings. The molecule has 0 spiro atoms. The van der Waals surface area contributed by atoms with Crippen LogP contribution >= 0.6 is 0 Å². The number of benzene rings is 2. The summed E-state index contributed by atoms with van der Waals surface area (Å²) in [6, 6.07) is 12.1. The molecule has 3 rings (SSSR count). The molecule has 1 aliphatic rings. The Morgan fingerprint density at radius 3 is 2.28 bits per heavy atom. The van der Waals surface area contributed by atoms with Gasteiger partial charge in [-0.25, -0.2) is 14.0 Å². The molecular formula is C22H21FN2O7. The first kappa shape index (κ1) is 22.9. The first-order valence-corrected chi connectivity index (χ1v) is 9.85. The lowest BCUT2D eigenvalue weighted by Gasteiger charge is -2.22. The Kier molecular flexibility index (Phi) is 7.14. The molecule has 168 valence electrons. The van der Waals surface area contributed by atoms with Gasteiger partial charge in [0.1, 0.15) is 6.17 Å². The molecule has 2 aromatic carbocycles. The number of esters is 2. The number of halogens is 1. The minimum absolute atomic E-state index is 0.00308. The predicted molar refractivity (Wildman–Crippen MR) is 110 cm³/mol. The molecule has 0 bridgehead atoms. The monoisotopic (exact) mass is 444 g/mol. The second-order valence-corrected chi connectivity index (χ2v) is 7.39. The lowest BCUT2D eigenvalue weighted by Crippen LogP contribution is -2.43. The van der Waals surface area contributed by atoms with Crippen molar-refractivity contribution in [2.45, 2.75) is 31.7 Å². The summed E-state index contributed by atoms with van der Waals surface area (Å²) in [5.41, 5.74) is 0.117. The standard InChI is InChI=1S/C22H21FN2O7/c1-13(26)24-18-11-16(12-31-21(27)14-5-3-2-4-6-14)19(23)20(18)32-22(28)15-7-9-17(10-8-15)25(29)30/h2-10,16,18-20H,11-12H2,1H3,(H,24,26)/t16-,18-,19-,20+/m1/s1. The predicted octanol–water partition coefficient (Wildman–Crippen LogP) is 2.84.